The zero-order valence-corrected chi connectivity index (χ0v) is 13.0. The summed E-state index contributed by atoms with van der Waals surface area (Å²) in [5.74, 6) is 0. The van der Waals surface area contributed by atoms with Crippen LogP contribution in [0.15, 0.2) is 18.2 Å². The molecule has 1 N–H and O–H groups in total. The number of halogens is 1. The molecule has 0 aliphatic carbocycles. The molecule has 1 aliphatic heterocycles. The molecule has 19 heavy (non-hydrogen) atoms. The van der Waals surface area contributed by atoms with E-state index in [9.17, 15) is 0 Å². The van der Waals surface area contributed by atoms with Gasteiger partial charge in [0.1, 0.15) is 0 Å². The number of benzene rings is 1. The second-order valence-corrected chi connectivity index (χ2v) is 5.85. The first-order valence-electron chi connectivity index (χ1n) is 6.43. The van der Waals surface area contributed by atoms with Crippen molar-refractivity contribution >= 4 is 34.6 Å². The molecule has 0 bridgehead atoms. The minimum Gasteiger partial charge on any atom is -0.372 e. The third-order valence-electron chi connectivity index (χ3n) is 3.13. The fourth-order valence-corrected chi connectivity index (χ4v) is 2.66. The predicted molar refractivity (Wildman–Crippen MR) is 84.0 cm³/mol. The van der Waals surface area contributed by atoms with E-state index in [1.807, 2.05) is 25.1 Å². The third kappa shape index (κ3) is 3.81. The maximum atomic E-state index is 6.11. The third-order valence-corrected chi connectivity index (χ3v) is 3.90. The van der Waals surface area contributed by atoms with Gasteiger partial charge in [0.25, 0.3) is 0 Å². The van der Waals surface area contributed by atoms with Crippen molar-refractivity contribution in [2.45, 2.75) is 33.0 Å². The van der Waals surface area contributed by atoms with Gasteiger partial charge in [0.2, 0.25) is 0 Å². The zero-order valence-electron chi connectivity index (χ0n) is 11.4. The summed E-state index contributed by atoms with van der Waals surface area (Å²) in [5.41, 5.74) is 1.99. The lowest BCUT2D eigenvalue weighted by Gasteiger charge is -2.36. The average Bonchev–Trinajstić information content (AvgIpc) is 2.32. The van der Waals surface area contributed by atoms with Gasteiger partial charge >= 0.3 is 0 Å². The maximum absolute atomic E-state index is 6.11. The molecule has 104 valence electrons. The van der Waals surface area contributed by atoms with Gasteiger partial charge in [-0.15, -0.1) is 0 Å². The number of aryl methyl sites for hydroxylation is 1. The number of hydrogen-bond acceptors (Lipinski definition) is 2. The van der Waals surface area contributed by atoms with Gasteiger partial charge in [0.15, 0.2) is 5.11 Å². The van der Waals surface area contributed by atoms with Crippen LogP contribution in [0.2, 0.25) is 5.02 Å². The normalized spacial score (nSPS) is 23.3. The number of ether oxygens (including phenoxy) is 1. The van der Waals surface area contributed by atoms with Crippen molar-refractivity contribution in [3.63, 3.8) is 0 Å². The van der Waals surface area contributed by atoms with Crippen molar-refractivity contribution in [2.75, 3.05) is 18.4 Å². The monoisotopic (exact) mass is 298 g/mol. The number of morpholine rings is 1. The number of nitrogens with zero attached hydrogens (tertiary/aromatic N) is 1. The van der Waals surface area contributed by atoms with Gasteiger partial charge in [0.05, 0.1) is 12.2 Å². The van der Waals surface area contributed by atoms with Crippen molar-refractivity contribution < 1.29 is 4.74 Å². The van der Waals surface area contributed by atoms with E-state index >= 15 is 0 Å². The minimum atomic E-state index is 0.199. The number of anilines is 1. The van der Waals surface area contributed by atoms with Crippen molar-refractivity contribution in [1.29, 1.82) is 0 Å². The Labute approximate surface area is 124 Å². The van der Waals surface area contributed by atoms with E-state index in [0.717, 1.165) is 34.5 Å². The van der Waals surface area contributed by atoms with Crippen molar-refractivity contribution in [3.05, 3.63) is 28.8 Å². The van der Waals surface area contributed by atoms with Gasteiger partial charge in [-0.2, -0.15) is 0 Å². The second-order valence-electron chi connectivity index (χ2n) is 5.06. The molecule has 1 fully saturated rings. The Morgan fingerprint density at radius 1 is 1.37 bits per heavy atom. The summed E-state index contributed by atoms with van der Waals surface area (Å²) in [6.07, 6.45) is 0.398. The lowest BCUT2D eigenvalue weighted by molar-refractivity contribution is -0.0473. The summed E-state index contributed by atoms with van der Waals surface area (Å²) in [6.45, 7) is 7.74. The van der Waals surface area contributed by atoms with Crippen LogP contribution >= 0.6 is 23.8 Å². The average molecular weight is 299 g/mol. The largest absolute Gasteiger partial charge is 0.372 e. The highest BCUT2D eigenvalue weighted by Gasteiger charge is 2.23. The fourth-order valence-electron chi connectivity index (χ4n) is 2.22. The molecule has 1 heterocycles. The molecule has 0 amide bonds. The van der Waals surface area contributed by atoms with E-state index in [-0.39, 0.29) is 12.2 Å². The molecule has 1 aliphatic rings. The van der Waals surface area contributed by atoms with Crippen LogP contribution in [-0.2, 0) is 4.74 Å². The molecule has 1 aromatic carbocycles. The number of hydrogen-bond donors (Lipinski definition) is 1. The Morgan fingerprint density at radius 3 is 2.58 bits per heavy atom. The molecule has 0 radical (unpaired) electrons. The molecule has 0 unspecified atom stereocenters. The Balaban J connectivity index is 2.02. The quantitative estimate of drug-likeness (QED) is 0.803. The maximum Gasteiger partial charge on any atom is 0.173 e. The van der Waals surface area contributed by atoms with E-state index < -0.39 is 0 Å². The van der Waals surface area contributed by atoms with Crippen molar-refractivity contribution in [2.24, 2.45) is 0 Å². The van der Waals surface area contributed by atoms with E-state index in [2.05, 4.69) is 24.1 Å². The summed E-state index contributed by atoms with van der Waals surface area (Å²) < 4.78 is 5.70. The summed E-state index contributed by atoms with van der Waals surface area (Å²) in [7, 11) is 0. The molecule has 1 aromatic rings. The van der Waals surface area contributed by atoms with Crippen LogP contribution in [0.25, 0.3) is 0 Å². The van der Waals surface area contributed by atoms with E-state index in [1.165, 1.54) is 0 Å². The molecule has 3 nitrogen and oxygen atoms in total. The molecular formula is C14H19ClN2OS. The number of nitrogens with one attached hydrogen (secondary N) is 1. The summed E-state index contributed by atoms with van der Waals surface area (Å²) in [5, 5.41) is 4.71. The van der Waals surface area contributed by atoms with Crippen molar-refractivity contribution in [3.8, 4) is 0 Å². The Hall–Kier alpha value is -0.840. The number of thiocarbonyl (C=S) groups is 1. The van der Waals surface area contributed by atoms with Crippen LogP contribution in [0.1, 0.15) is 19.4 Å². The SMILES string of the molecule is Cc1ccc(NC(=S)N2C[C@H](C)O[C@@H](C)C2)cc1Cl. The van der Waals surface area contributed by atoms with Crippen LogP contribution < -0.4 is 5.32 Å². The van der Waals surface area contributed by atoms with Gasteiger partial charge in [-0.05, 0) is 50.7 Å². The van der Waals surface area contributed by atoms with E-state index in [0.29, 0.717) is 0 Å². The topological polar surface area (TPSA) is 24.5 Å². The van der Waals surface area contributed by atoms with E-state index in [1.54, 1.807) is 0 Å². The Morgan fingerprint density at radius 2 is 2.00 bits per heavy atom. The van der Waals surface area contributed by atoms with Crippen LogP contribution in [0.3, 0.4) is 0 Å². The second kappa shape index (κ2) is 6.07. The summed E-state index contributed by atoms with van der Waals surface area (Å²) >= 11 is 11.6. The van der Waals surface area contributed by atoms with Crippen LogP contribution in [0, 0.1) is 6.92 Å². The molecule has 2 rings (SSSR count). The van der Waals surface area contributed by atoms with Gasteiger partial charge < -0.3 is 15.0 Å². The molecule has 1 saturated heterocycles. The highest BCUT2D eigenvalue weighted by Crippen LogP contribution is 2.21. The Bertz CT molecular complexity index is 471. The van der Waals surface area contributed by atoms with Gasteiger partial charge in [-0.25, -0.2) is 0 Å². The predicted octanol–water partition coefficient (Wildman–Crippen LogP) is 3.45. The first-order valence-corrected chi connectivity index (χ1v) is 7.22. The molecule has 5 heteroatoms. The van der Waals surface area contributed by atoms with Gasteiger partial charge in [0, 0.05) is 23.8 Å². The zero-order chi connectivity index (χ0) is 14.0. The number of rotatable bonds is 1. The Kier molecular flexibility index (Phi) is 4.66. The summed E-state index contributed by atoms with van der Waals surface area (Å²) in [6, 6.07) is 5.87. The van der Waals surface area contributed by atoms with Crippen LogP contribution in [0.5, 0.6) is 0 Å². The molecule has 0 aromatic heterocycles. The lowest BCUT2D eigenvalue weighted by Crippen LogP contribution is -2.49. The van der Waals surface area contributed by atoms with Crippen LogP contribution in [0.4, 0.5) is 5.69 Å². The first kappa shape index (κ1) is 14.6. The highest BCUT2D eigenvalue weighted by molar-refractivity contribution is 7.80. The van der Waals surface area contributed by atoms with E-state index in [4.69, 9.17) is 28.6 Å². The minimum absolute atomic E-state index is 0.199. The van der Waals surface area contributed by atoms with Gasteiger partial charge in [-0.3, -0.25) is 0 Å². The molecule has 2 atom stereocenters. The van der Waals surface area contributed by atoms with Gasteiger partial charge in [-0.1, -0.05) is 17.7 Å². The molecule has 0 spiro atoms. The highest BCUT2D eigenvalue weighted by atomic mass is 35.5. The standard InChI is InChI=1S/C14H19ClN2OS/c1-9-4-5-12(6-13(9)15)16-14(19)17-7-10(2)18-11(3)8-17/h4-6,10-11H,7-8H2,1-3H3,(H,16,19)/t10-,11-/m0/s1. The van der Waals surface area contributed by atoms with Crippen molar-refractivity contribution in [1.82, 2.24) is 4.90 Å². The fraction of sp³-hybridized carbons (Fsp3) is 0.500. The lowest BCUT2D eigenvalue weighted by atomic mass is 10.2. The molecular weight excluding hydrogens is 280 g/mol. The van der Waals surface area contributed by atoms with Crippen LogP contribution in [-0.4, -0.2) is 35.3 Å². The first-order chi connectivity index (χ1) is 8.95. The smallest absolute Gasteiger partial charge is 0.173 e. The molecule has 0 saturated carbocycles. The summed E-state index contributed by atoms with van der Waals surface area (Å²) in [4.78, 5) is 2.14.